The molecule has 4 rings (SSSR count). The molecule has 2 saturated heterocycles. The highest BCUT2D eigenvalue weighted by molar-refractivity contribution is 5.33. The molecular formula is C22H32F2N2O6. The molecular weight excluding hydrogens is 426 g/mol. The number of halogens is 2. The Morgan fingerprint density at radius 1 is 1.03 bits per heavy atom. The number of aliphatic hydroxyl groups excluding tert-OH is 1. The maximum absolute atomic E-state index is 12.6. The Morgan fingerprint density at radius 2 is 1.59 bits per heavy atom. The molecule has 1 saturated carbocycles. The topological polar surface area (TPSA) is 111 Å². The van der Waals surface area contributed by atoms with E-state index in [0.717, 1.165) is 44.6 Å². The number of ether oxygens (including phenoxy) is 1. The molecule has 1 aromatic carbocycles. The van der Waals surface area contributed by atoms with Crippen LogP contribution < -0.4 is 4.74 Å². The summed E-state index contributed by atoms with van der Waals surface area (Å²) in [4.78, 5) is 21.5. The number of nitrogens with zero attached hydrogens (tertiary/aromatic N) is 2. The maximum atomic E-state index is 12.6. The Morgan fingerprint density at radius 3 is 2.19 bits per heavy atom. The number of carbonyl (C=O) groups is 2. The second-order valence-electron chi connectivity index (χ2n) is 8.26. The van der Waals surface area contributed by atoms with Crippen LogP contribution >= 0.6 is 0 Å². The smallest absolute Gasteiger partial charge is 0.387 e. The van der Waals surface area contributed by atoms with Gasteiger partial charge in [0.25, 0.3) is 12.9 Å². The molecule has 8 nitrogen and oxygen atoms in total. The van der Waals surface area contributed by atoms with E-state index in [9.17, 15) is 13.9 Å². The highest BCUT2D eigenvalue weighted by Gasteiger charge is 2.43. The largest absolute Gasteiger partial charge is 0.483 e. The zero-order valence-electron chi connectivity index (χ0n) is 17.9. The van der Waals surface area contributed by atoms with Gasteiger partial charge in [0.05, 0.1) is 6.10 Å². The second kappa shape index (κ2) is 13.3. The van der Waals surface area contributed by atoms with E-state index in [1.54, 1.807) is 12.1 Å². The summed E-state index contributed by atoms with van der Waals surface area (Å²) < 4.78 is 29.9. The first-order valence-corrected chi connectivity index (χ1v) is 10.8. The normalized spacial score (nSPS) is 27.5. The first-order valence-electron chi connectivity index (χ1n) is 10.8. The molecule has 0 unspecified atom stereocenters. The van der Waals surface area contributed by atoms with E-state index in [2.05, 4.69) is 14.5 Å². The van der Waals surface area contributed by atoms with Crippen molar-refractivity contribution in [2.24, 2.45) is 11.8 Å². The van der Waals surface area contributed by atoms with Crippen molar-refractivity contribution in [2.75, 3.05) is 26.2 Å². The Labute approximate surface area is 186 Å². The third-order valence-electron chi connectivity index (χ3n) is 6.38. The summed E-state index contributed by atoms with van der Waals surface area (Å²) in [6.45, 7) is 1.46. The van der Waals surface area contributed by atoms with Crippen molar-refractivity contribution in [1.29, 1.82) is 0 Å². The van der Waals surface area contributed by atoms with Gasteiger partial charge in [0, 0.05) is 31.2 Å². The molecule has 1 aliphatic carbocycles. The van der Waals surface area contributed by atoms with E-state index in [0.29, 0.717) is 24.4 Å². The number of likely N-dealkylation sites (tertiary alicyclic amines) is 2. The molecule has 2 heterocycles. The van der Waals surface area contributed by atoms with E-state index in [-0.39, 0.29) is 24.8 Å². The zero-order valence-corrected chi connectivity index (χ0v) is 17.9. The Hall–Kier alpha value is -2.30. The van der Waals surface area contributed by atoms with Crippen LogP contribution in [0.3, 0.4) is 0 Å². The average Bonchev–Trinajstić information content (AvgIpc) is 3.39. The summed E-state index contributed by atoms with van der Waals surface area (Å²) >= 11 is 0. The van der Waals surface area contributed by atoms with Gasteiger partial charge in [-0.1, -0.05) is 18.2 Å². The van der Waals surface area contributed by atoms with Crippen LogP contribution in [0.1, 0.15) is 31.2 Å². The summed E-state index contributed by atoms with van der Waals surface area (Å²) in [5.74, 6) is 1.37. The standard InChI is InChI=1S/C20H28F2N2O2.2CH2O2/c21-20(22)26-19-6-2-1-5-14(19)11-23-12-15-9-17(24-7-3-4-8-24)18(25)10-16(15)13-23;2*2-1-3/h1-2,5-6,15-18,20,25H,3-4,7-13H2;2*1H,(H,2,3)/t15-,16+,17-,18-;;/m1../s1. The highest BCUT2D eigenvalue weighted by Crippen LogP contribution is 2.40. The molecule has 3 aliphatic rings. The van der Waals surface area contributed by atoms with Gasteiger partial charge in [-0.05, 0) is 56.7 Å². The van der Waals surface area contributed by atoms with Gasteiger partial charge in [-0.25, -0.2) is 0 Å². The summed E-state index contributed by atoms with van der Waals surface area (Å²) in [7, 11) is 0. The Kier molecular flexibility index (Phi) is 10.8. The van der Waals surface area contributed by atoms with E-state index in [1.165, 1.54) is 12.8 Å². The number of benzene rings is 1. The van der Waals surface area contributed by atoms with Gasteiger partial charge < -0.3 is 20.1 Å². The van der Waals surface area contributed by atoms with E-state index >= 15 is 0 Å². The van der Waals surface area contributed by atoms with Gasteiger partial charge in [-0.15, -0.1) is 0 Å². The highest BCUT2D eigenvalue weighted by atomic mass is 19.3. The number of para-hydroxylation sites is 1. The van der Waals surface area contributed by atoms with E-state index < -0.39 is 6.61 Å². The van der Waals surface area contributed by atoms with Crippen LogP contribution in [0, 0.1) is 11.8 Å². The molecule has 3 fully saturated rings. The summed E-state index contributed by atoms with van der Waals surface area (Å²) in [5.41, 5.74) is 0.808. The first-order chi connectivity index (χ1) is 15.4. The van der Waals surface area contributed by atoms with Gasteiger partial charge in [0.15, 0.2) is 0 Å². The number of hydrogen-bond acceptors (Lipinski definition) is 6. The number of alkyl halides is 2. The zero-order chi connectivity index (χ0) is 23.5. The van der Waals surface area contributed by atoms with Crippen molar-refractivity contribution in [3.8, 4) is 5.75 Å². The number of fused-ring (bicyclic) bond motifs is 1. The minimum absolute atomic E-state index is 0.233. The third kappa shape index (κ3) is 7.39. The molecule has 0 bridgehead atoms. The Balaban J connectivity index is 0.000000547. The van der Waals surface area contributed by atoms with Gasteiger partial charge in [-0.2, -0.15) is 8.78 Å². The van der Waals surface area contributed by atoms with Crippen molar-refractivity contribution in [1.82, 2.24) is 9.80 Å². The molecule has 2 aliphatic heterocycles. The van der Waals surface area contributed by atoms with Crippen molar-refractivity contribution < 1.29 is 38.4 Å². The fourth-order valence-corrected chi connectivity index (χ4v) is 5.19. The van der Waals surface area contributed by atoms with Gasteiger partial charge in [-0.3, -0.25) is 19.4 Å². The van der Waals surface area contributed by atoms with Crippen molar-refractivity contribution in [2.45, 2.75) is 51.0 Å². The van der Waals surface area contributed by atoms with Crippen molar-refractivity contribution >= 4 is 12.9 Å². The number of hydrogen-bond donors (Lipinski definition) is 3. The quantitative estimate of drug-likeness (QED) is 0.577. The predicted molar refractivity (Wildman–Crippen MR) is 113 cm³/mol. The molecule has 3 N–H and O–H groups in total. The fraction of sp³-hybridized carbons (Fsp3) is 0.636. The Bertz CT molecular complexity index is 699. The number of aliphatic hydroxyl groups is 1. The second-order valence-corrected chi connectivity index (χ2v) is 8.26. The van der Waals surface area contributed by atoms with Gasteiger partial charge in [0.2, 0.25) is 0 Å². The monoisotopic (exact) mass is 458 g/mol. The molecule has 1 aromatic rings. The molecule has 0 radical (unpaired) electrons. The fourth-order valence-electron chi connectivity index (χ4n) is 5.19. The van der Waals surface area contributed by atoms with Crippen LogP contribution in [0.5, 0.6) is 5.75 Å². The van der Waals surface area contributed by atoms with Crippen molar-refractivity contribution in [3.05, 3.63) is 29.8 Å². The maximum Gasteiger partial charge on any atom is 0.387 e. The van der Waals surface area contributed by atoms with Gasteiger partial charge in [0.1, 0.15) is 5.75 Å². The number of rotatable bonds is 5. The minimum Gasteiger partial charge on any atom is -0.483 e. The molecule has 4 atom stereocenters. The molecule has 0 spiro atoms. The molecule has 10 heteroatoms. The van der Waals surface area contributed by atoms with Crippen LogP contribution in [0.15, 0.2) is 24.3 Å². The number of carboxylic acid groups (broad SMARTS) is 2. The summed E-state index contributed by atoms with van der Waals surface area (Å²) in [5, 5.41) is 24.4. The van der Waals surface area contributed by atoms with Crippen molar-refractivity contribution in [3.63, 3.8) is 0 Å². The molecule has 0 aromatic heterocycles. The van der Waals surface area contributed by atoms with Crippen LogP contribution in [0.2, 0.25) is 0 Å². The third-order valence-corrected chi connectivity index (χ3v) is 6.38. The van der Waals surface area contributed by atoms with Crippen LogP contribution in [-0.2, 0) is 16.1 Å². The van der Waals surface area contributed by atoms with E-state index in [4.69, 9.17) is 19.8 Å². The van der Waals surface area contributed by atoms with Gasteiger partial charge >= 0.3 is 6.61 Å². The molecule has 0 amide bonds. The van der Waals surface area contributed by atoms with Crippen LogP contribution in [0.25, 0.3) is 0 Å². The lowest BCUT2D eigenvalue weighted by atomic mass is 9.77. The lowest BCUT2D eigenvalue weighted by Crippen LogP contribution is -2.48. The molecule has 32 heavy (non-hydrogen) atoms. The lowest BCUT2D eigenvalue weighted by Gasteiger charge is -2.40. The van der Waals surface area contributed by atoms with E-state index in [1.807, 2.05) is 12.1 Å². The average molecular weight is 459 g/mol. The predicted octanol–water partition coefficient (Wildman–Crippen LogP) is 2.36. The minimum atomic E-state index is -2.80. The van der Waals surface area contributed by atoms with Crippen LogP contribution in [-0.4, -0.2) is 83.0 Å². The molecule has 180 valence electrons. The summed E-state index contributed by atoms with van der Waals surface area (Å²) in [6, 6.07) is 7.36. The SMILES string of the molecule is O=CO.O=CO.O[C@@H]1C[C@H]2CN(Cc3ccccc3OC(F)F)C[C@H]2C[C@H]1N1CCCC1. The lowest BCUT2D eigenvalue weighted by molar-refractivity contribution is -0.123. The first kappa shape index (κ1) is 26.0. The summed E-state index contributed by atoms with van der Waals surface area (Å²) in [6.07, 6.45) is 4.16. The van der Waals surface area contributed by atoms with Crippen LogP contribution in [0.4, 0.5) is 8.78 Å².